The normalized spacial score (nSPS) is 12.1. The molecule has 0 aliphatic heterocycles. The molecule has 4 heteroatoms. The number of fused-ring (bicyclic) bond motifs is 1. The molecule has 140 valence electrons. The van der Waals surface area contributed by atoms with Crippen LogP contribution >= 0.6 is 0 Å². The first-order chi connectivity index (χ1) is 13.1. The average Bonchev–Trinajstić information content (AvgIpc) is 2.71. The fourth-order valence-corrected chi connectivity index (χ4v) is 3.14. The third-order valence-corrected chi connectivity index (χ3v) is 4.93. The third-order valence-electron chi connectivity index (χ3n) is 4.93. The number of methoxy groups -OCH3 is 1. The molecule has 4 nitrogen and oxygen atoms in total. The molecule has 0 fully saturated rings. The number of rotatable bonds is 7. The zero-order valence-corrected chi connectivity index (χ0v) is 16.1. The van der Waals surface area contributed by atoms with Crippen molar-refractivity contribution in [3.8, 4) is 5.75 Å². The molecule has 0 saturated heterocycles. The lowest BCUT2D eigenvalue weighted by molar-refractivity contribution is -0.125. The summed E-state index contributed by atoms with van der Waals surface area (Å²) >= 11 is 0. The Kier molecular flexibility index (Phi) is 6.09. The van der Waals surface area contributed by atoms with E-state index in [1.165, 1.54) is 16.3 Å². The molecule has 3 rings (SSSR count). The van der Waals surface area contributed by atoms with Crippen LogP contribution in [-0.2, 0) is 17.9 Å². The fourth-order valence-electron chi connectivity index (χ4n) is 3.14. The zero-order valence-electron chi connectivity index (χ0n) is 16.1. The van der Waals surface area contributed by atoms with Crippen LogP contribution in [0.25, 0.3) is 10.8 Å². The number of benzene rings is 3. The first-order valence-corrected chi connectivity index (χ1v) is 9.16. The summed E-state index contributed by atoms with van der Waals surface area (Å²) in [6.45, 7) is 3.10. The van der Waals surface area contributed by atoms with E-state index in [1.54, 1.807) is 7.11 Å². The molecule has 0 spiro atoms. The fraction of sp³-hybridized carbons (Fsp3) is 0.261. The standard InChI is InChI=1S/C23H26N2O2/c1-17(23(26)24-15-21-10-6-7-11-22(21)27-3)25(2)16-18-12-13-19-8-4-5-9-20(19)14-18/h4-14,17H,15-16H2,1-3H3,(H,24,26)/t17-/m1/s1. The first-order valence-electron chi connectivity index (χ1n) is 9.16. The van der Waals surface area contributed by atoms with Gasteiger partial charge in [0, 0.05) is 18.7 Å². The Labute approximate surface area is 160 Å². The number of nitrogens with one attached hydrogen (secondary N) is 1. The van der Waals surface area contributed by atoms with Crippen molar-refractivity contribution in [3.63, 3.8) is 0 Å². The SMILES string of the molecule is COc1ccccc1CNC(=O)[C@@H](C)N(C)Cc1ccc2ccccc2c1. The van der Waals surface area contributed by atoms with Crippen LogP contribution in [0.2, 0.25) is 0 Å². The van der Waals surface area contributed by atoms with Gasteiger partial charge in [-0.3, -0.25) is 9.69 Å². The number of hydrogen-bond donors (Lipinski definition) is 1. The van der Waals surface area contributed by atoms with Gasteiger partial charge in [-0.05, 0) is 42.4 Å². The second-order valence-electron chi connectivity index (χ2n) is 6.80. The number of ether oxygens (including phenoxy) is 1. The third kappa shape index (κ3) is 4.66. The Morgan fingerprint density at radius 2 is 1.74 bits per heavy atom. The summed E-state index contributed by atoms with van der Waals surface area (Å²) in [6.07, 6.45) is 0. The van der Waals surface area contributed by atoms with Crippen LogP contribution in [0.5, 0.6) is 5.75 Å². The van der Waals surface area contributed by atoms with Crippen LogP contribution in [0.15, 0.2) is 66.7 Å². The first kappa shape index (κ1) is 18.9. The quantitative estimate of drug-likeness (QED) is 0.691. The largest absolute Gasteiger partial charge is 0.496 e. The number of carbonyl (C=O) groups is 1. The minimum Gasteiger partial charge on any atom is -0.496 e. The van der Waals surface area contributed by atoms with Crippen molar-refractivity contribution in [3.05, 3.63) is 77.9 Å². The molecule has 0 unspecified atom stereocenters. The molecule has 0 bridgehead atoms. The number of likely N-dealkylation sites (N-methyl/N-ethyl adjacent to an activating group) is 1. The van der Waals surface area contributed by atoms with Crippen molar-refractivity contribution in [2.45, 2.75) is 26.1 Å². The molecule has 0 aromatic heterocycles. The lowest BCUT2D eigenvalue weighted by atomic mass is 10.1. The van der Waals surface area contributed by atoms with Crippen LogP contribution < -0.4 is 10.1 Å². The van der Waals surface area contributed by atoms with E-state index in [1.807, 2.05) is 50.4 Å². The number of para-hydroxylation sites is 1. The van der Waals surface area contributed by atoms with Crippen LogP contribution in [0, 0.1) is 0 Å². The Hall–Kier alpha value is -2.85. The van der Waals surface area contributed by atoms with E-state index in [4.69, 9.17) is 4.74 Å². The van der Waals surface area contributed by atoms with Crippen LogP contribution in [0.4, 0.5) is 0 Å². The molecule has 0 radical (unpaired) electrons. The highest BCUT2D eigenvalue weighted by Gasteiger charge is 2.18. The van der Waals surface area contributed by atoms with Crippen molar-refractivity contribution in [1.29, 1.82) is 0 Å². The van der Waals surface area contributed by atoms with Crippen molar-refractivity contribution >= 4 is 16.7 Å². The Bertz CT molecular complexity index is 923. The topological polar surface area (TPSA) is 41.6 Å². The maximum absolute atomic E-state index is 12.6. The van der Waals surface area contributed by atoms with Gasteiger partial charge < -0.3 is 10.1 Å². The summed E-state index contributed by atoms with van der Waals surface area (Å²) < 4.78 is 5.34. The van der Waals surface area contributed by atoms with Crippen LogP contribution in [-0.4, -0.2) is 31.0 Å². The minimum absolute atomic E-state index is 0.00388. The monoisotopic (exact) mass is 362 g/mol. The van der Waals surface area contributed by atoms with Gasteiger partial charge in [-0.2, -0.15) is 0 Å². The summed E-state index contributed by atoms with van der Waals surface area (Å²) in [7, 11) is 3.61. The van der Waals surface area contributed by atoms with E-state index in [9.17, 15) is 4.79 Å². The Balaban J connectivity index is 1.60. The second kappa shape index (κ2) is 8.69. The molecule has 1 amide bonds. The molecule has 1 N–H and O–H groups in total. The van der Waals surface area contributed by atoms with Gasteiger partial charge in [-0.25, -0.2) is 0 Å². The Morgan fingerprint density at radius 3 is 2.52 bits per heavy atom. The zero-order chi connectivity index (χ0) is 19.2. The van der Waals surface area contributed by atoms with Crippen LogP contribution in [0.3, 0.4) is 0 Å². The van der Waals surface area contributed by atoms with Crippen LogP contribution in [0.1, 0.15) is 18.1 Å². The maximum Gasteiger partial charge on any atom is 0.237 e. The lowest BCUT2D eigenvalue weighted by Gasteiger charge is -2.24. The molecular weight excluding hydrogens is 336 g/mol. The average molecular weight is 362 g/mol. The van der Waals surface area contributed by atoms with E-state index in [2.05, 4.69) is 40.5 Å². The maximum atomic E-state index is 12.6. The summed E-state index contributed by atoms with van der Waals surface area (Å²) in [5.41, 5.74) is 2.17. The number of nitrogens with zero attached hydrogens (tertiary/aromatic N) is 1. The summed E-state index contributed by atoms with van der Waals surface area (Å²) in [6, 6.07) is 22.2. The van der Waals surface area contributed by atoms with Crippen molar-refractivity contribution < 1.29 is 9.53 Å². The minimum atomic E-state index is -0.230. The van der Waals surface area contributed by atoms with E-state index < -0.39 is 0 Å². The van der Waals surface area contributed by atoms with Crippen molar-refractivity contribution in [1.82, 2.24) is 10.2 Å². The molecule has 0 aliphatic rings. The lowest BCUT2D eigenvalue weighted by Crippen LogP contribution is -2.42. The molecule has 0 heterocycles. The summed E-state index contributed by atoms with van der Waals surface area (Å²) in [5.74, 6) is 0.791. The van der Waals surface area contributed by atoms with E-state index in [-0.39, 0.29) is 11.9 Å². The van der Waals surface area contributed by atoms with Gasteiger partial charge >= 0.3 is 0 Å². The van der Waals surface area contributed by atoms with Crippen molar-refractivity contribution in [2.75, 3.05) is 14.2 Å². The van der Waals surface area contributed by atoms with E-state index in [0.717, 1.165) is 11.3 Å². The van der Waals surface area contributed by atoms with E-state index in [0.29, 0.717) is 13.1 Å². The highest BCUT2D eigenvalue weighted by atomic mass is 16.5. The number of carbonyl (C=O) groups excluding carboxylic acids is 1. The smallest absolute Gasteiger partial charge is 0.237 e. The predicted molar refractivity (Wildman–Crippen MR) is 110 cm³/mol. The molecule has 3 aromatic rings. The van der Waals surface area contributed by atoms with Gasteiger partial charge in [-0.15, -0.1) is 0 Å². The summed E-state index contributed by atoms with van der Waals surface area (Å²) in [5, 5.41) is 5.46. The highest BCUT2D eigenvalue weighted by molar-refractivity contribution is 5.83. The van der Waals surface area contributed by atoms with Gasteiger partial charge in [0.05, 0.1) is 13.2 Å². The molecule has 3 aromatic carbocycles. The molecule has 0 saturated carbocycles. The van der Waals surface area contributed by atoms with E-state index >= 15 is 0 Å². The Morgan fingerprint density at radius 1 is 1.04 bits per heavy atom. The molecule has 1 atom stereocenters. The molecular formula is C23H26N2O2. The van der Waals surface area contributed by atoms with Gasteiger partial charge in [-0.1, -0.05) is 54.6 Å². The molecule has 0 aliphatic carbocycles. The highest BCUT2D eigenvalue weighted by Crippen LogP contribution is 2.18. The van der Waals surface area contributed by atoms with Gasteiger partial charge in [0.15, 0.2) is 0 Å². The molecule has 27 heavy (non-hydrogen) atoms. The van der Waals surface area contributed by atoms with Crippen molar-refractivity contribution in [2.24, 2.45) is 0 Å². The summed E-state index contributed by atoms with van der Waals surface area (Å²) in [4.78, 5) is 14.6. The van der Waals surface area contributed by atoms with Gasteiger partial charge in [0.1, 0.15) is 5.75 Å². The predicted octanol–water partition coefficient (Wildman–Crippen LogP) is 3.99. The van der Waals surface area contributed by atoms with Gasteiger partial charge in [0.25, 0.3) is 0 Å². The second-order valence-corrected chi connectivity index (χ2v) is 6.80. The van der Waals surface area contributed by atoms with Gasteiger partial charge in [0.2, 0.25) is 5.91 Å². The number of amides is 1. The number of hydrogen-bond acceptors (Lipinski definition) is 3.